The number of aromatic nitrogens is 1. The summed E-state index contributed by atoms with van der Waals surface area (Å²) in [5.74, 6) is -3.29. The predicted molar refractivity (Wildman–Crippen MR) is 151 cm³/mol. The minimum absolute atomic E-state index is 0.00746. The fourth-order valence-corrected chi connectivity index (χ4v) is 5.29. The first-order valence-electron chi connectivity index (χ1n) is 12.3. The minimum atomic E-state index is -5.04. The lowest BCUT2D eigenvalue weighted by Gasteiger charge is -2.14. The number of hydrogen-bond acceptors (Lipinski definition) is 6. The van der Waals surface area contributed by atoms with Crippen molar-refractivity contribution in [2.75, 3.05) is 11.9 Å². The lowest BCUT2D eigenvalue weighted by Crippen LogP contribution is -2.31. The number of carboxylic acid groups (broad SMARTS) is 1. The Balaban J connectivity index is 1.47. The van der Waals surface area contributed by atoms with Gasteiger partial charge in [-0.1, -0.05) is 36.1 Å². The van der Waals surface area contributed by atoms with Gasteiger partial charge in [-0.25, -0.2) is 9.37 Å². The largest absolute Gasteiger partial charge is 0.481 e. The van der Waals surface area contributed by atoms with Crippen molar-refractivity contribution in [1.82, 2.24) is 9.88 Å². The maximum atomic E-state index is 14.3. The number of carbonyl (C=O) groups excluding carboxylic acids is 2. The Morgan fingerprint density at radius 1 is 1.00 bits per heavy atom. The Morgan fingerprint density at radius 2 is 1.66 bits per heavy atom. The van der Waals surface area contributed by atoms with Crippen molar-refractivity contribution in [2.24, 2.45) is 0 Å². The second-order valence-corrected chi connectivity index (χ2v) is 10.9. The Kier molecular flexibility index (Phi) is 9.44. The molecular weight excluding hydrogens is 639 g/mol. The van der Waals surface area contributed by atoms with Crippen molar-refractivity contribution in [3.05, 3.63) is 87.7 Å². The summed E-state index contributed by atoms with van der Waals surface area (Å²) < 4.78 is 94.1. The molecule has 1 aliphatic rings. The van der Waals surface area contributed by atoms with Crippen LogP contribution in [-0.4, -0.2) is 43.6 Å². The van der Waals surface area contributed by atoms with Crippen LogP contribution in [0.2, 0.25) is 0 Å². The van der Waals surface area contributed by atoms with Gasteiger partial charge in [0.25, 0.3) is 5.91 Å². The van der Waals surface area contributed by atoms with Gasteiger partial charge in [-0.05, 0) is 54.1 Å². The molecule has 2 N–H and O–H groups in total. The molecule has 2 heterocycles. The van der Waals surface area contributed by atoms with E-state index >= 15 is 0 Å². The number of amides is 2. The molecule has 3 aromatic rings. The number of aliphatic carboxylic acids is 1. The quantitative estimate of drug-likeness (QED) is 0.157. The zero-order valence-corrected chi connectivity index (χ0v) is 23.6. The van der Waals surface area contributed by atoms with E-state index in [4.69, 9.17) is 17.3 Å². The van der Waals surface area contributed by atoms with E-state index in [0.717, 1.165) is 22.7 Å². The number of hydrogen-bond donors (Lipinski definition) is 2. The van der Waals surface area contributed by atoms with Crippen LogP contribution in [0.1, 0.15) is 28.8 Å². The molecule has 0 spiro atoms. The summed E-state index contributed by atoms with van der Waals surface area (Å²) in [4.78, 5) is 41.4. The van der Waals surface area contributed by atoms with Gasteiger partial charge in [-0.15, -0.1) is 0 Å². The Labute approximate surface area is 253 Å². The average Bonchev–Trinajstić information content (AvgIpc) is 3.19. The smallest absolute Gasteiger partial charge is 0.416 e. The molecule has 1 aromatic heterocycles. The third kappa shape index (κ3) is 7.99. The molecular formula is C28H18F7N3O4S2. The predicted octanol–water partition coefficient (Wildman–Crippen LogP) is 6.78. The first-order valence-corrected chi connectivity index (χ1v) is 13.6. The first-order chi connectivity index (χ1) is 20.5. The second kappa shape index (κ2) is 12.7. The van der Waals surface area contributed by atoms with Crippen molar-refractivity contribution in [3.63, 3.8) is 0 Å². The Bertz CT molecular complexity index is 1660. The van der Waals surface area contributed by atoms with Gasteiger partial charge < -0.3 is 10.4 Å². The molecule has 0 bridgehead atoms. The van der Waals surface area contributed by atoms with Crippen molar-refractivity contribution < 1.29 is 50.2 Å². The van der Waals surface area contributed by atoms with Gasteiger partial charge >= 0.3 is 18.3 Å². The van der Waals surface area contributed by atoms with Crippen LogP contribution in [0, 0.1) is 5.82 Å². The van der Waals surface area contributed by atoms with E-state index in [9.17, 15) is 45.1 Å². The number of alkyl halides is 6. The van der Waals surface area contributed by atoms with Crippen LogP contribution in [0.4, 0.5) is 36.4 Å². The molecule has 16 heteroatoms. The number of carbonyl (C=O) groups is 3. The number of carboxylic acids is 1. The molecule has 4 rings (SSSR count). The maximum absolute atomic E-state index is 14.3. The average molecular weight is 658 g/mol. The third-order valence-electron chi connectivity index (χ3n) is 6.03. The molecule has 1 fully saturated rings. The molecule has 1 saturated heterocycles. The molecule has 44 heavy (non-hydrogen) atoms. The highest BCUT2D eigenvalue weighted by Gasteiger charge is 2.37. The zero-order valence-electron chi connectivity index (χ0n) is 21.9. The van der Waals surface area contributed by atoms with E-state index in [-0.39, 0.29) is 50.9 Å². The highest BCUT2D eigenvalue weighted by molar-refractivity contribution is 8.26. The van der Waals surface area contributed by atoms with Crippen LogP contribution >= 0.6 is 24.0 Å². The molecule has 2 amide bonds. The van der Waals surface area contributed by atoms with Crippen LogP contribution in [-0.2, 0) is 33.2 Å². The number of benzene rings is 2. The minimum Gasteiger partial charge on any atom is -0.481 e. The first kappa shape index (κ1) is 32.6. The summed E-state index contributed by atoms with van der Waals surface area (Å²) in [7, 11) is 0. The summed E-state index contributed by atoms with van der Waals surface area (Å²) in [5, 5.41) is 11.1. The van der Waals surface area contributed by atoms with Crippen LogP contribution in [0.3, 0.4) is 0 Å². The maximum Gasteiger partial charge on any atom is 0.416 e. The molecule has 230 valence electrons. The summed E-state index contributed by atoms with van der Waals surface area (Å²) in [6.45, 7) is -0.190. The number of thiocarbonyl (C=S) groups is 1. The van der Waals surface area contributed by atoms with E-state index < -0.39 is 59.1 Å². The van der Waals surface area contributed by atoms with Crippen molar-refractivity contribution >= 4 is 57.8 Å². The number of pyridine rings is 1. The topological polar surface area (TPSA) is 99.6 Å². The van der Waals surface area contributed by atoms with Gasteiger partial charge in [-0.2, -0.15) is 26.3 Å². The van der Waals surface area contributed by atoms with Gasteiger partial charge in [0, 0.05) is 18.5 Å². The van der Waals surface area contributed by atoms with E-state index in [0.29, 0.717) is 12.1 Å². The van der Waals surface area contributed by atoms with Crippen molar-refractivity contribution in [2.45, 2.75) is 25.2 Å². The normalized spacial score (nSPS) is 14.8. The number of rotatable bonds is 8. The Morgan fingerprint density at radius 3 is 2.25 bits per heavy atom. The van der Waals surface area contributed by atoms with Gasteiger partial charge in [0.2, 0.25) is 5.91 Å². The second-order valence-electron chi connectivity index (χ2n) is 9.26. The molecule has 0 aliphatic carbocycles. The summed E-state index contributed by atoms with van der Waals surface area (Å²) in [6, 6.07) is 8.57. The monoisotopic (exact) mass is 657 g/mol. The number of nitrogens with one attached hydrogen (secondary N) is 1. The standard InChI is InChI=1S/C28H18F7N3O4S2/c29-19-8-14(9-24(40)41)4-5-21(19)37-23(39)6-7-38-25(42)22(44-26(38)43)13-18-2-1-3-20(36-18)15-10-16(27(30,31)32)12-17(11-15)28(33,34)35/h1-5,8,10-13H,6-7,9H2,(H,37,39)(H,40,41)/b22-13-. The molecule has 7 nitrogen and oxygen atoms in total. The van der Waals surface area contributed by atoms with Gasteiger partial charge in [0.1, 0.15) is 10.1 Å². The van der Waals surface area contributed by atoms with E-state index in [2.05, 4.69) is 10.3 Å². The number of thioether (sulfide) groups is 1. The third-order valence-corrected chi connectivity index (χ3v) is 7.41. The van der Waals surface area contributed by atoms with Crippen molar-refractivity contribution in [3.8, 4) is 11.3 Å². The van der Waals surface area contributed by atoms with Gasteiger partial charge in [0.15, 0.2) is 0 Å². The molecule has 0 radical (unpaired) electrons. The highest BCUT2D eigenvalue weighted by atomic mass is 32.2. The van der Waals surface area contributed by atoms with Gasteiger partial charge in [0.05, 0.1) is 39.5 Å². The Hall–Kier alpha value is -4.31. The summed E-state index contributed by atoms with van der Waals surface area (Å²) >= 11 is 6.06. The van der Waals surface area contributed by atoms with Crippen LogP contribution in [0.5, 0.6) is 0 Å². The number of nitrogens with zero attached hydrogens (tertiary/aromatic N) is 2. The fourth-order valence-electron chi connectivity index (χ4n) is 3.99. The lowest BCUT2D eigenvalue weighted by atomic mass is 10.0. The molecule has 0 atom stereocenters. The fraction of sp³-hybridized carbons (Fsp3) is 0.179. The molecule has 0 saturated carbocycles. The van der Waals surface area contributed by atoms with Crippen molar-refractivity contribution in [1.29, 1.82) is 0 Å². The SMILES string of the molecule is O=C(O)Cc1ccc(NC(=O)CCN2C(=O)/C(=C/c3cccc(-c4cc(C(F)(F)F)cc(C(F)(F)F)c4)n3)SC2=S)c(F)c1. The van der Waals surface area contributed by atoms with Crippen LogP contribution in [0.25, 0.3) is 17.3 Å². The number of anilines is 1. The molecule has 0 unspecified atom stereocenters. The van der Waals surface area contributed by atoms with E-state index in [1.54, 1.807) is 0 Å². The zero-order chi connectivity index (χ0) is 32.4. The highest BCUT2D eigenvalue weighted by Crippen LogP contribution is 2.39. The summed E-state index contributed by atoms with van der Waals surface area (Å²) in [5.41, 5.74) is -3.59. The van der Waals surface area contributed by atoms with Crippen LogP contribution < -0.4 is 5.32 Å². The van der Waals surface area contributed by atoms with E-state index in [1.165, 1.54) is 36.4 Å². The van der Waals surface area contributed by atoms with E-state index in [1.807, 2.05) is 0 Å². The molecule has 2 aromatic carbocycles. The lowest BCUT2D eigenvalue weighted by molar-refractivity contribution is -0.143. The molecule has 1 aliphatic heterocycles. The summed E-state index contributed by atoms with van der Waals surface area (Å²) in [6.07, 6.45) is -9.52. The van der Waals surface area contributed by atoms with Gasteiger partial charge in [-0.3, -0.25) is 19.3 Å². The van der Waals surface area contributed by atoms with Crippen LogP contribution in [0.15, 0.2) is 59.5 Å². The number of halogens is 7.